The summed E-state index contributed by atoms with van der Waals surface area (Å²) in [6, 6.07) is 6.06. The van der Waals surface area contributed by atoms with E-state index in [2.05, 4.69) is 0 Å². The minimum absolute atomic E-state index is 0.126. The summed E-state index contributed by atoms with van der Waals surface area (Å²) < 4.78 is 9.98. The summed E-state index contributed by atoms with van der Waals surface area (Å²) in [6.45, 7) is 0. The number of hydrogen-bond donors (Lipinski definition) is 1. The third-order valence-corrected chi connectivity index (χ3v) is 2.03. The normalized spacial score (nSPS) is 11.3. The summed E-state index contributed by atoms with van der Waals surface area (Å²) in [7, 11) is 2.76. The van der Waals surface area contributed by atoms with E-state index in [0.29, 0.717) is 11.8 Å². The van der Waals surface area contributed by atoms with Crippen LogP contribution in [0.3, 0.4) is 0 Å². The molecule has 0 aliphatic heterocycles. The zero-order valence-corrected chi connectivity index (χ0v) is 8.06. The van der Waals surface area contributed by atoms with E-state index in [1.807, 2.05) is 0 Å². The number of benzene rings is 1. The molecule has 14 heavy (non-hydrogen) atoms. The molecule has 0 spiro atoms. The van der Waals surface area contributed by atoms with Gasteiger partial charge in [-0.25, -0.2) is 0 Å². The Bertz CT molecular complexity index is 300. The van der Waals surface area contributed by atoms with E-state index >= 15 is 0 Å². The molecule has 0 atom stereocenters. The van der Waals surface area contributed by atoms with Crippen molar-refractivity contribution in [2.45, 2.75) is 5.79 Å². The van der Waals surface area contributed by atoms with Gasteiger partial charge in [-0.1, -0.05) is 0 Å². The average molecular weight is 196 g/mol. The van der Waals surface area contributed by atoms with Crippen LogP contribution >= 0.6 is 0 Å². The van der Waals surface area contributed by atoms with Crippen molar-refractivity contribution in [3.05, 3.63) is 29.8 Å². The Morgan fingerprint density at radius 1 is 1.21 bits per heavy atom. The van der Waals surface area contributed by atoms with Gasteiger partial charge in [0, 0.05) is 19.8 Å². The van der Waals surface area contributed by atoms with Crippen LogP contribution in [0.5, 0.6) is 5.75 Å². The van der Waals surface area contributed by atoms with Crippen molar-refractivity contribution in [3.8, 4) is 5.75 Å². The Kier molecular flexibility index (Phi) is 3.22. The second-order valence-electron chi connectivity index (χ2n) is 2.74. The summed E-state index contributed by atoms with van der Waals surface area (Å²) in [5, 5.41) is 9.07. The molecule has 0 fully saturated rings. The quantitative estimate of drug-likeness (QED) is 0.577. The molecule has 76 valence electrons. The van der Waals surface area contributed by atoms with Crippen LogP contribution in [0.25, 0.3) is 0 Å². The monoisotopic (exact) mass is 196 g/mol. The first kappa shape index (κ1) is 10.7. The van der Waals surface area contributed by atoms with Crippen molar-refractivity contribution in [1.29, 1.82) is 0 Å². The number of rotatable bonds is 4. The molecule has 1 aromatic rings. The van der Waals surface area contributed by atoms with E-state index in [4.69, 9.17) is 14.6 Å². The Morgan fingerprint density at radius 3 is 2.07 bits per heavy atom. The van der Waals surface area contributed by atoms with E-state index < -0.39 is 5.79 Å². The third-order valence-electron chi connectivity index (χ3n) is 2.03. The minimum Gasteiger partial charge on any atom is -0.508 e. The molecule has 0 saturated heterocycles. The smallest absolute Gasteiger partial charge is 0.252 e. The van der Waals surface area contributed by atoms with E-state index in [0.717, 1.165) is 0 Å². The standard InChI is InChI=1S/C10H12O4/c1-13-10(7-11,14-2)8-3-5-9(12)6-4-8/h3-7,12H,1-2H3. The van der Waals surface area contributed by atoms with Crippen molar-refractivity contribution in [3.63, 3.8) is 0 Å². The summed E-state index contributed by atoms with van der Waals surface area (Å²) in [6.07, 6.45) is 0.569. The maximum Gasteiger partial charge on any atom is 0.252 e. The van der Waals surface area contributed by atoms with Crippen LogP contribution in [0.2, 0.25) is 0 Å². The van der Waals surface area contributed by atoms with Gasteiger partial charge in [0.05, 0.1) is 0 Å². The lowest BCUT2D eigenvalue weighted by Gasteiger charge is -2.24. The molecule has 0 bridgehead atoms. The topological polar surface area (TPSA) is 55.8 Å². The molecule has 0 heterocycles. The van der Waals surface area contributed by atoms with Crippen molar-refractivity contribution in [1.82, 2.24) is 0 Å². The van der Waals surface area contributed by atoms with Crippen LogP contribution in [-0.2, 0) is 20.1 Å². The number of hydrogen-bond acceptors (Lipinski definition) is 4. The van der Waals surface area contributed by atoms with E-state index in [9.17, 15) is 4.79 Å². The van der Waals surface area contributed by atoms with Crippen LogP contribution < -0.4 is 0 Å². The molecule has 0 aromatic heterocycles. The molecule has 0 unspecified atom stereocenters. The Morgan fingerprint density at radius 2 is 1.71 bits per heavy atom. The maximum atomic E-state index is 10.9. The Hall–Kier alpha value is -1.39. The Labute approximate surface area is 82.1 Å². The third kappa shape index (κ3) is 1.76. The number of phenolic OH excluding ortho intramolecular Hbond substituents is 1. The van der Waals surface area contributed by atoms with Gasteiger partial charge in [-0.3, -0.25) is 4.79 Å². The molecule has 0 radical (unpaired) electrons. The minimum atomic E-state index is -1.38. The number of methoxy groups -OCH3 is 2. The first-order chi connectivity index (χ1) is 6.68. The summed E-state index contributed by atoms with van der Waals surface area (Å²) in [4.78, 5) is 10.9. The second kappa shape index (κ2) is 4.21. The number of carbonyl (C=O) groups excluding carboxylic acids is 1. The SMILES string of the molecule is COC(C=O)(OC)c1ccc(O)cc1. The molecule has 4 heteroatoms. The van der Waals surface area contributed by atoms with Gasteiger partial charge in [0.2, 0.25) is 0 Å². The van der Waals surface area contributed by atoms with Gasteiger partial charge >= 0.3 is 0 Å². The lowest BCUT2D eigenvalue weighted by Crippen LogP contribution is -2.32. The molecule has 0 amide bonds. The molecule has 0 aliphatic rings. The van der Waals surface area contributed by atoms with E-state index in [-0.39, 0.29) is 5.75 Å². The Balaban J connectivity index is 3.11. The van der Waals surface area contributed by atoms with Crippen LogP contribution in [0.4, 0.5) is 0 Å². The first-order valence-electron chi connectivity index (χ1n) is 4.04. The van der Waals surface area contributed by atoms with Crippen LogP contribution in [-0.4, -0.2) is 25.6 Å². The summed E-state index contributed by atoms with van der Waals surface area (Å²) >= 11 is 0. The molecule has 1 N–H and O–H groups in total. The van der Waals surface area contributed by atoms with Gasteiger partial charge in [-0.2, -0.15) is 0 Å². The fourth-order valence-electron chi connectivity index (χ4n) is 1.18. The fourth-order valence-corrected chi connectivity index (χ4v) is 1.18. The lowest BCUT2D eigenvalue weighted by atomic mass is 10.1. The molecule has 0 aliphatic carbocycles. The number of aldehydes is 1. The van der Waals surface area contributed by atoms with Gasteiger partial charge in [0.15, 0.2) is 6.29 Å². The molecule has 1 rings (SSSR count). The van der Waals surface area contributed by atoms with Crippen molar-refractivity contribution >= 4 is 6.29 Å². The molecule has 4 nitrogen and oxygen atoms in total. The lowest BCUT2D eigenvalue weighted by molar-refractivity contribution is -0.201. The fraction of sp³-hybridized carbons (Fsp3) is 0.300. The highest BCUT2D eigenvalue weighted by Crippen LogP contribution is 2.25. The first-order valence-corrected chi connectivity index (χ1v) is 4.04. The zero-order valence-electron chi connectivity index (χ0n) is 8.06. The average Bonchev–Trinajstić information content (AvgIpc) is 2.24. The second-order valence-corrected chi connectivity index (χ2v) is 2.74. The highest BCUT2D eigenvalue weighted by atomic mass is 16.7. The molecule has 0 saturated carbocycles. The van der Waals surface area contributed by atoms with Crippen molar-refractivity contribution in [2.75, 3.05) is 14.2 Å². The number of ether oxygens (including phenoxy) is 2. The van der Waals surface area contributed by atoms with Gasteiger partial charge in [-0.15, -0.1) is 0 Å². The largest absolute Gasteiger partial charge is 0.508 e. The summed E-state index contributed by atoms with van der Waals surface area (Å²) in [5.74, 6) is -1.26. The van der Waals surface area contributed by atoms with E-state index in [1.54, 1.807) is 12.1 Å². The predicted octanol–water partition coefficient (Wildman–Crippen LogP) is 1.04. The highest BCUT2D eigenvalue weighted by molar-refractivity contribution is 5.64. The maximum absolute atomic E-state index is 10.9. The van der Waals surface area contributed by atoms with Crippen molar-refractivity contribution < 1.29 is 19.4 Å². The number of phenols is 1. The van der Waals surface area contributed by atoms with Gasteiger partial charge in [0.25, 0.3) is 5.79 Å². The highest BCUT2D eigenvalue weighted by Gasteiger charge is 2.31. The molecular weight excluding hydrogens is 184 g/mol. The van der Waals surface area contributed by atoms with Gasteiger partial charge in [0.1, 0.15) is 5.75 Å². The van der Waals surface area contributed by atoms with Crippen LogP contribution in [0, 0.1) is 0 Å². The van der Waals surface area contributed by atoms with Crippen LogP contribution in [0.15, 0.2) is 24.3 Å². The predicted molar refractivity (Wildman–Crippen MR) is 49.9 cm³/mol. The van der Waals surface area contributed by atoms with Crippen LogP contribution in [0.1, 0.15) is 5.56 Å². The van der Waals surface area contributed by atoms with E-state index in [1.165, 1.54) is 26.4 Å². The number of carbonyl (C=O) groups is 1. The van der Waals surface area contributed by atoms with Gasteiger partial charge < -0.3 is 14.6 Å². The van der Waals surface area contributed by atoms with Gasteiger partial charge in [-0.05, 0) is 24.3 Å². The molecule has 1 aromatic carbocycles. The number of aromatic hydroxyl groups is 1. The summed E-state index contributed by atoms with van der Waals surface area (Å²) in [5.41, 5.74) is 0.537. The van der Waals surface area contributed by atoms with Crippen molar-refractivity contribution in [2.24, 2.45) is 0 Å². The zero-order chi connectivity index (χ0) is 10.6. The molecular formula is C10H12O4.